The topological polar surface area (TPSA) is 115 Å². The molecule has 44 heavy (non-hydrogen) atoms. The molecule has 0 amide bonds. The molecule has 12 atom stereocenters. The molecule has 4 fully saturated rings. The Bertz CT molecular complexity index is 803. The van der Waals surface area contributed by atoms with Crippen molar-refractivity contribution >= 4 is 0 Å². The van der Waals surface area contributed by atoms with E-state index < -0.39 is 0 Å². The quantitative estimate of drug-likeness (QED) is 0.148. The third-order valence-corrected chi connectivity index (χ3v) is 12.9. The molecule has 4 saturated carbocycles. The summed E-state index contributed by atoms with van der Waals surface area (Å²) in [5, 5.41) is 0. The van der Waals surface area contributed by atoms with Crippen molar-refractivity contribution in [2.75, 3.05) is 52.7 Å². The van der Waals surface area contributed by atoms with Gasteiger partial charge >= 0.3 is 0 Å². The van der Waals surface area contributed by atoms with E-state index in [4.69, 9.17) is 36.1 Å². The van der Waals surface area contributed by atoms with E-state index in [2.05, 4.69) is 27.7 Å². The van der Waals surface area contributed by atoms with Crippen LogP contribution in [0.1, 0.15) is 111 Å². The molecule has 0 aromatic heterocycles. The summed E-state index contributed by atoms with van der Waals surface area (Å²) in [5.74, 6) is 5.29. The lowest BCUT2D eigenvalue weighted by Gasteiger charge is -2.56. The van der Waals surface area contributed by atoms with Crippen molar-refractivity contribution in [3.63, 3.8) is 0 Å². The van der Waals surface area contributed by atoms with Gasteiger partial charge in [0.2, 0.25) is 0 Å². The van der Waals surface area contributed by atoms with Crippen molar-refractivity contribution in [2.24, 2.45) is 70.0 Å². The molecule has 0 spiro atoms. The van der Waals surface area contributed by atoms with Crippen LogP contribution in [0.5, 0.6) is 0 Å². The van der Waals surface area contributed by atoms with E-state index in [-0.39, 0.29) is 5.41 Å². The Hall–Kier alpha value is -0.280. The molecule has 258 valence electrons. The normalized spacial score (nSPS) is 39.3. The van der Waals surface area contributed by atoms with E-state index >= 15 is 0 Å². The minimum atomic E-state index is 0.165. The van der Waals surface area contributed by atoms with E-state index in [0.717, 1.165) is 71.1 Å². The highest BCUT2D eigenvalue weighted by Gasteiger charge is 2.63. The molecule has 0 aromatic rings. The zero-order valence-electron chi connectivity index (χ0n) is 29.1. The van der Waals surface area contributed by atoms with Crippen LogP contribution >= 0.6 is 0 Å². The van der Waals surface area contributed by atoms with Gasteiger partial charge in [0.1, 0.15) is 0 Å². The fourth-order valence-corrected chi connectivity index (χ4v) is 10.8. The summed E-state index contributed by atoms with van der Waals surface area (Å²) in [5.41, 5.74) is 17.9. The Morgan fingerprint density at radius 3 is 2.16 bits per heavy atom. The van der Waals surface area contributed by atoms with Crippen molar-refractivity contribution in [3.8, 4) is 0 Å². The Kier molecular flexibility index (Phi) is 15.2. The first-order valence-electron chi connectivity index (χ1n) is 18.9. The molecule has 6 N–H and O–H groups in total. The van der Waals surface area contributed by atoms with Gasteiger partial charge in [0, 0.05) is 38.4 Å². The van der Waals surface area contributed by atoms with Crippen molar-refractivity contribution in [2.45, 2.75) is 129 Å². The summed E-state index contributed by atoms with van der Waals surface area (Å²) in [6, 6.07) is 0. The molecule has 0 heterocycles. The molecule has 0 radical (unpaired) electrons. The molecule has 0 bridgehead atoms. The molecule has 0 aliphatic heterocycles. The number of nitrogens with two attached hydrogens (primary N) is 3. The lowest BCUT2D eigenvalue weighted by atomic mass is 9.52. The Morgan fingerprint density at radius 1 is 0.750 bits per heavy atom. The number of fused-ring (bicyclic) bond motifs is 4. The molecule has 0 saturated heterocycles. The van der Waals surface area contributed by atoms with E-state index in [9.17, 15) is 0 Å². The second kappa shape index (κ2) is 18.3. The highest BCUT2D eigenvalue weighted by Crippen LogP contribution is 2.66. The fourth-order valence-electron chi connectivity index (χ4n) is 10.8. The highest BCUT2D eigenvalue weighted by molar-refractivity contribution is 5.12. The molecular formula is C37H71N3O4. The largest absolute Gasteiger partial charge is 0.381 e. The van der Waals surface area contributed by atoms with Crippen LogP contribution in [0.4, 0.5) is 0 Å². The predicted molar refractivity (Wildman–Crippen MR) is 180 cm³/mol. The standard InChI is InChI=1S/C37H71N3O4/c1-5-18-41-19-6-10-26(2)32-13-14-33-36-31(25-35(37(32,33)4)44-22-9-17-40)27(3)30-12-11-29(42-20-7-15-38)23-28(30)24-34(36)43-21-8-16-39/h26-36H,5-25,38-40H2,1-4H3/t26-,27?,28?,29-,30?,31-,32-,33+,34-,35+,36?,37?/m1/s1. The molecule has 7 heteroatoms. The molecule has 4 rings (SSSR count). The summed E-state index contributed by atoms with van der Waals surface area (Å²) < 4.78 is 26.2. The predicted octanol–water partition coefficient (Wildman–Crippen LogP) is 6.16. The van der Waals surface area contributed by atoms with E-state index in [1.807, 2.05) is 0 Å². The zero-order chi connectivity index (χ0) is 31.5. The van der Waals surface area contributed by atoms with Gasteiger partial charge in [-0.3, -0.25) is 0 Å². The third-order valence-electron chi connectivity index (χ3n) is 12.9. The molecular weight excluding hydrogens is 550 g/mol. The lowest BCUT2D eigenvalue weighted by Crippen LogP contribution is -2.56. The van der Waals surface area contributed by atoms with Gasteiger partial charge in [-0.05, 0) is 150 Å². The average molecular weight is 622 g/mol. The van der Waals surface area contributed by atoms with Gasteiger partial charge in [0.15, 0.2) is 0 Å². The average Bonchev–Trinajstić information content (AvgIpc) is 3.33. The second-order valence-electron chi connectivity index (χ2n) is 15.4. The minimum absolute atomic E-state index is 0.165. The first kappa shape index (κ1) is 36.6. The Labute approximate surface area is 270 Å². The summed E-state index contributed by atoms with van der Waals surface area (Å²) in [6.45, 7) is 16.2. The van der Waals surface area contributed by atoms with Crippen LogP contribution in [0.3, 0.4) is 0 Å². The monoisotopic (exact) mass is 622 g/mol. The molecule has 4 aliphatic rings. The third kappa shape index (κ3) is 8.59. The highest BCUT2D eigenvalue weighted by atomic mass is 16.5. The van der Waals surface area contributed by atoms with Crippen LogP contribution in [0, 0.1) is 52.8 Å². The van der Waals surface area contributed by atoms with E-state index in [1.54, 1.807) is 0 Å². The summed E-state index contributed by atoms with van der Waals surface area (Å²) in [4.78, 5) is 0. The van der Waals surface area contributed by atoms with Gasteiger partial charge in [-0.15, -0.1) is 0 Å². The van der Waals surface area contributed by atoms with Gasteiger partial charge in [-0.1, -0.05) is 27.7 Å². The first-order valence-corrected chi connectivity index (χ1v) is 18.9. The fraction of sp³-hybridized carbons (Fsp3) is 1.00. The maximum absolute atomic E-state index is 6.98. The maximum Gasteiger partial charge on any atom is 0.0637 e. The van der Waals surface area contributed by atoms with Gasteiger partial charge in [-0.2, -0.15) is 0 Å². The van der Waals surface area contributed by atoms with Gasteiger partial charge in [0.05, 0.1) is 18.3 Å². The first-order chi connectivity index (χ1) is 21.4. The second-order valence-corrected chi connectivity index (χ2v) is 15.4. The molecule has 4 aliphatic carbocycles. The van der Waals surface area contributed by atoms with Crippen molar-refractivity contribution in [3.05, 3.63) is 0 Å². The summed E-state index contributed by atoms with van der Waals surface area (Å²) >= 11 is 0. The maximum atomic E-state index is 6.98. The van der Waals surface area contributed by atoms with Crippen molar-refractivity contribution < 1.29 is 18.9 Å². The number of hydrogen-bond acceptors (Lipinski definition) is 7. The molecule has 0 aromatic carbocycles. The summed E-state index contributed by atoms with van der Waals surface area (Å²) in [6.07, 6.45) is 15.9. The minimum Gasteiger partial charge on any atom is -0.381 e. The van der Waals surface area contributed by atoms with Crippen LogP contribution in [-0.2, 0) is 18.9 Å². The van der Waals surface area contributed by atoms with Crippen LogP contribution in [0.15, 0.2) is 0 Å². The molecule has 7 nitrogen and oxygen atoms in total. The van der Waals surface area contributed by atoms with Crippen molar-refractivity contribution in [1.82, 2.24) is 0 Å². The van der Waals surface area contributed by atoms with Crippen LogP contribution in [0.25, 0.3) is 0 Å². The lowest BCUT2D eigenvalue weighted by molar-refractivity contribution is -0.172. The smallest absolute Gasteiger partial charge is 0.0637 e. The van der Waals surface area contributed by atoms with Crippen molar-refractivity contribution in [1.29, 1.82) is 0 Å². The van der Waals surface area contributed by atoms with Crippen LogP contribution < -0.4 is 17.2 Å². The van der Waals surface area contributed by atoms with Gasteiger partial charge in [0.25, 0.3) is 0 Å². The van der Waals surface area contributed by atoms with E-state index in [1.165, 1.54) is 51.4 Å². The van der Waals surface area contributed by atoms with Crippen LogP contribution in [0.2, 0.25) is 0 Å². The SMILES string of the molecule is CCCOCCC[C@@H](C)[C@H]1CC[C@H]2C3[C@H](C[C@H](OCCCN)C12C)C(C)C1CC[C@@H](OCCCN)CC1C[C@H]3OCCCN. The number of ether oxygens (including phenoxy) is 4. The van der Waals surface area contributed by atoms with Gasteiger partial charge < -0.3 is 36.1 Å². The zero-order valence-corrected chi connectivity index (χ0v) is 29.1. The van der Waals surface area contributed by atoms with Gasteiger partial charge in [-0.25, -0.2) is 0 Å². The Morgan fingerprint density at radius 2 is 1.45 bits per heavy atom. The Balaban J connectivity index is 1.60. The summed E-state index contributed by atoms with van der Waals surface area (Å²) in [7, 11) is 0. The number of hydrogen-bond donors (Lipinski definition) is 3. The van der Waals surface area contributed by atoms with E-state index in [0.29, 0.717) is 79.4 Å². The van der Waals surface area contributed by atoms with Crippen LogP contribution in [-0.4, -0.2) is 71.0 Å². The number of rotatable bonds is 19. The molecule has 5 unspecified atom stereocenters.